The molecule has 0 amide bonds. The van der Waals surface area contributed by atoms with Gasteiger partial charge in [-0.15, -0.1) is 0 Å². The van der Waals surface area contributed by atoms with Crippen LogP contribution in [0, 0.1) is 5.92 Å². The number of halogens is 3. The van der Waals surface area contributed by atoms with E-state index in [-0.39, 0.29) is 18.5 Å². The zero-order valence-electron chi connectivity index (χ0n) is 17.4. The molecule has 0 spiro atoms. The molecule has 1 unspecified atom stereocenters. The van der Waals surface area contributed by atoms with E-state index in [1.807, 2.05) is 13.0 Å². The summed E-state index contributed by atoms with van der Waals surface area (Å²) in [6.07, 6.45) is 7.49. The third kappa shape index (κ3) is 5.29. The summed E-state index contributed by atoms with van der Waals surface area (Å²) in [6, 6.07) is 1.85. The first-order chi connectivity index (χ1) is 14.8. The maximum atomic E-state index is 13.6. The molecule has 3 rings (SSSR count). The number of rotatable bonds is 9. The molecule has 0 bridgehead atoms. The first-order valence-corrected chi connectivity index (χ1v) is 9.97. The van der Waals surface area contributed by atoms with Gasteiger partial charge in [0.2, 0.25) is 0 Å². The quantitative estimate of drug-likeness (QED) is 0.470. The number of allylic oxidation sites excluding steroid dienone is 5. The smallest absolute Gasteiger partial charge is 0.343 e. The van der Waals surface area contributed by atoms with Gasteiger partial charge in [-0.3, -0.25) is 0 Å². The molecule has 3 aromatic rings. The van der Waals surface area contributed by atoms with Crippen LogP contribution in [0.15, 0.2) is 61.4 Å². The SMILES string of the molecule is C=C(/C=C\C(=C/CC)C(CCNC)C(F)(F)F)n1cc(-c2ccnc3nc[nH]c23)cn1. The Bertz CT molecular complexity index is 1090. The van der Waals surface area contributed by atoms with E-state index in [0.717, 1.165) is 16.6 Å². The number of nitrogens with one attached hydrogen (secondary N) is 2. The van der Waals surface area contributed by atoms with E-state index in [0.29, 0.717) is 17.8 Å². The Hall–Kier alpha value is -3.20. The number of aromatic nitrogens is 5. The monoisotopic (exact) mass is 430 g/mol. The van der Waals surface area contributed by atoms with Crippen molar-refractivity contribution in [1.29, 1.82) is 0 Å². The number of nitrogens with zero attached hydrogens (tertiary/aromatic N) is 4. The molecule has 31 heavy (non-hydrogen) atoms. The molecule has 6 nitrogen and oxygen atoms in total. The fourth-order valence-corrected chi connectivity index (χ4v) is 3.35. The van der Waals surface area contributed by atoms with Gasteiger partial charge in [0.15, 0.2) is 5.65 Å². The Kier molecular flexibility index (Phi) is 7.06. The van der Waals surface area contributed by atoms with Crippen molar-refractivity contribution in [2.24, 2.45) is 5.92 Å². The van der Waals surface area contributed by atoms with Crippen LogP contribution < -0.4 is 5.32 Å². The van der Waals surface area contributed by atoms with E-state index < -0.39 is 12.1 Å². The average molecular weight is 430 g/mol. The van der Waals surface area contributed by atoms with Crippen LogP contribution in [0.5, 0.6) is 0 Å². The second-order valence-electron chi connectivity index (χ2n) is 7.06. The Morgan fingerprint density at radius 1 is 1.32 bits per heavy atom. The highest BCUT2D eigenvalue weighted by Crippen LogP contribution is 2.35. The molecule has 0 radical (unpaired) electrons. The molecule has 0 aliphatic carbocycles. The van der Waals surface area contributed by atoms with Gasteiger partial charge in [-0.2, -0.15) is 18.3 Å². The van der Waals surface area contributed by atoms with Crippen molar-refractivity contribution in [3.8, 4) is 11.1 Å². The number of aromatic amines is 1. The van der Waals surface area contributed by atoms with Gasteiger partial charge in [-0.05, 0) is 44.1 Å². The first kappa shape index (κ1) is 22.5. The van der Waals surface area contributed by atoms with Crippen molar-refractivity contribution in [3.05, 3.63) is 61.4 Å². The molecule has 9 heteroatoms. The summed E-state index contributed by atoms with van der Waals surface area (Å²) in [5.41, 5.74) is 3.76. The van der Waals surface area contributed by atoms with Gasteiger partial charge in [-0.25, -0.2) is 14.6 Å². The number of fused-ring (bicyclic) bond motifs is 1. The highest BCUT2D eigenvalue weighted by molar-refractivity contribution is 5.89. The summed E-state index contributed by atoms with van der Waals surface area (Å²) in [5, 5.41) is 7.10. The van der Waals surface area contributed by atoms with Crippen LogP contribution in [0.4, 0.5) is 13.2 Å². The first-order valence-electron chi connectivity index (χ1n) is 9.97. The summed E-state index contributed by atoms with van der Waals surface area (Å²) in [4.78, 5) is 11.4. The van der Waals surface area contributed by atoms with E-state index in [1.165, 1.54) is 10.8 Å². The lowest BCUT2D eigenvalue weighted by atomic mass is 9.93. The summed E-state index contributed by atoms with van der Waals surface area (Å²) in [5.74, 6) is -1.54. The van der Waals surface area contributed by atoms with Crippen LogP contribution in [-0.2, 0) is 0 Å². The van der Waals surface area contributed by atoms with E-state index in [2.05, 4.69) is 31.9 Å². The van der Waals surface area contributed by atoms with E-state index in [1.54, 1.807) is 44.1 Å². The summed E-state index contributed by atoms with van der Waals surface area (Å²) in [7, 11) is 1.64. The van der Waals surface area contributed by atoms with Gasteiger partial charge in [0.25, 0.3) is 0 Å². The minimum atomic E-state index is -4.32. The van der Waals surface area contributed by atoms with E-state index in [4.69, 9.17) is 0 Å². The Balaban J connectivity index is 1.83. The Labute approximate surface area is 178 Å². The minimum Gasteiger partial charge on any atom is -0.343 e. The number of alkyl halides is 3. The molecule has 0 aliphatic rings. The van der Waals surface area contributed by atoms with Crippen LogP contribution in [0.1, 0.15) is 19.8 Å². The highest BCUT2D eigenvalue weighted by atomic mass is 19.4. The molecule has 3 aromatic heterocycles. The molecule has 0 aromatic carbocycles. The van der Waals surface area contributed by atoms with Crippen LogP contribution >= 0.6 is 0 Å². The van der Waals surface area contributed by atoms with Crippen molar-refractivity contribution in [2.45, 2.75) is 25.9 Å². The second kappa shape index (κ2) is 9.74. The van der Waals surface area contributed by atoms with Crippen molar-refractivity contribution in [2.75, 3.05) is 13.6 Å². The number of hydrogen-bond donors (Lipinski definition) is 2. The third-order valence-electron chi connectivity index (χ3n) is 4.90. The topological polar surface area (TPSA) is 71.4 Å². The minimum absolute atomic E-state index is 0.0310. The van der Waals surface area contributed by atoms with Crippen LogP contribution in [0.25, 0.3) is 28.0 Å². The average Bonchev–Trinajstić information content (AvgIpc) is 3.40. The molecule has 0 saturated heterocycles. The van der Waals surface area contributed by atoms with Gasteiger partial charge in [0.1, 0.15) is 0 Å². The predicted molar refractivity (Wildman–Crippen MR) is 116 cm³/mol. The van der Waals surface area contributed by atoms with Gasteiger partial charge in [-0.1, -0.05) is 25.7 Å². The molecule has 2 N–H and O–H groups in total. The fourth-order valence-electron chi connectivity index (χ4n) is 3.35. The largest absolute Gasteiger partial charge is 0.395 e. The van der Waals surface area contributed by atoms with E-state index in [9.17, 15) is 13.2 Å². The number of imidazole rings is 1. The highest BCUT2D eigenvalue weighted by Gasteiger charge is 2.40. The van der Waals surface area contributed by atoms with E-state index >= 15 is 0 Å². The molecule has 1 atom stereocenters. The van der Waals surface area contributed by atoms with Gasteiger partial charge in [0.05, 0.1) is 29.7 Å². The summed E-state index contributed by atoms with van der Waals surface area (Å²) in [6.45, 7) is 6.05. The Morgan fingerprint density at radius 3 is 2.84 bits per heavy atom. The van der Waals surface area contributed by atoms with Gasteiger partial charge >= 0.3 is 6.18 Å². The normalized spacial score (nSPS) is 13.9. The molecule has 0 fully saturated rings. The second-order valence-corrected chi connectivity index (χ2v) is 7.06. The lowest BCUT2D eigenvalue weighted by molar-refractivity contribution is -0.164. The number of hydrogen-bond acceptors (Lipinski definition) is 4. The van der Waals surface area contributed by atoms with Crippen molar-refractivity contribution in [3.63, 3.8) is 0 Å². The molecule has 3 heterocycles. The lowest BCUT2D eigenvalue weighted by Gasteiger charge is -2.21. The zero-order chi connectivity index (χ0) is 22.4. The maximum absolute atomic E-state index is 13.6. The molecular weight excluding hydrogens is 405 g/mol. The third-order valence-corrected chi connectivity index (χ3v) is 4.90. The summed E-state index contributed by atoms with van der Waals surface area (Å²) >= 11 is 0. The molecule has 0 saturated carbocycles. The standard InChI is InChI=1S/C22H25F3N6/c1-4-5-16(19(9-10-26-3)22(23,24)25)7-6-15(2)31-13-17(12-30-31)18-8-11-27-21-20(18)28-14-29-21/h5-8,11-14,19,26H,2,4,9-10H2,1,3H3,(H,27,28,29)/b7-6-,16-5+. The van der Waals surface area contributed by atoms with Crippen LogP contribution in [-0.4, -0.2) is 44.5 Å². The lowest BCUT2D eigenvalue weighted by Crippen LogP contribution is -2.27. The van der Waals surface area contributed by atoms with Crippen molar-refractivity contribution < 1.29 is 13.2 Å². The maximum Gasteiger partial charge on any atom is 0.395 e. The van der Waals surface area contributed by atoms with Gasteiger partial charge < -0.3 is 10.3 Å². The number of pyridine rings is 1. The summed E-state index contributed by atoms with van der Waals surface area (Å²) < 4.78 is 42.3. The van der Waals surface area contributed by atoms with Crippen LogP contribution in [0.3, 0.4) is 0 Å². The van der Waals surface area contributed by atoms with Crippen LogP contribution in [0.2, 0.25) is 0 Å². The predicted octanol–water partition coefficient (Wildman–Crippen LogP) is 4.97. The molecule has 0 aliphatic heterocycles. The molecular formula is C22H25F3N6. The number of H-pyrrole nitrogens is 1. The van der Waals surface area contributed by atoms with Crippen molar-refractivity contribution >= 4 is 16.9 Å². The fraction of sp³-hybridized carbons (Fsp3) is 0.318. The van der Waals surface area contributed by atoms with Gasteiger partial charge in [0, 0.05) is 23.5 Å². The zero-order valence-corrected chi connectivity index (χ0v) is 17.4. The molecule has 164 valence electrons. The Morgan fingerprint density at radius 2 is 2.13 bits per heavy atom. The van der Waals surface area contributed by atoms with Crippen molar-refractivity contribution in [1.82, 2.24) is 30.0 Å².